The molecule has 0 amide bonds. The fourth-order valence-corrected chi connectivity index (χ4v) is 3.12. The zero-order valence-electron chi connectivity index (χ0n) is 11.1. The Morgan fingerprint density at radius 3 is 3.11 bits per heavy atom. The number of aromatic nitrogens is 2. The third-order valence-corrected chi connectivity index (χ3v) is 4.25. The summed E-state index contributed by atoms with van der Waals surface area (Å²) in [5, 5.41) is 8.54. The van der Waals surface area contributed by atoms with Crippen molar-refractivity contribution in [1.29, 1.82) is 0 Å². The van der Waals surface area contributed by atoms with Gasteiger partial charge < -0.3 is 4.90 Å². The average molecular weight is 267 g/mol. The van der Waals surface area contributed by atoms with Crippen LogP contribution in [0.25, 0.3) is 0 Å². The molecule has 1 aliphatic rings. The van der Waals surface area contributed by atoms with Gasteiger partial charge in [0, 0.05) is 19.0 Å². The van der Waals surface area contributed by atoms with E-state index in [1.165, 1.54) is 30.7 Å². The molecule has 1 aliphatic heterocycles. The molecule has 1 aromatic heterocycles. The molecule has 1 fully saturated rings. The minimum atomic E-state index is 0.308. The van der Waals surface area contributed by atoms with E-state index in [0.29, 0.717) is 30.6 Å². The van der Waals surface area contributed by atoms with Gasteiger partial charge in [-0.05, 0) is 39.2 Å². The molecular weight excluding hydrogens is 246 g/mol. The molecule has 1 saturated heterocycles. The van der Waals surface area contributed by atoms with Gasteiger partial charge in [0.15, 0.2) is 0 Å². The molecule has 0 radical (unpaired) electrons. The number of Topliss-reactive ketones (excluding diaryl/α,β-unsaturated/α-hetero) is 1. The van der Waals surface area contributed by atoms with Crippen LogP contribution in [0.4, 0.5) is 0 Å². The van der Waals surface area contributed by atoms with Gasteiger partial charge in [-0.15, -0.1) is 21.5 Å². The van der Waals surface area contributed by atoms with Crippen molar-refractivity contribution in [3.05, 3.63) is 10.5 Å². The zero-order chi connectivity index (χ0) is 13.0. The minimum Gasteiger partial charge on any atom is -0.301 e. The van der Waals surface area contributed by atoms with Gasteiger partial charge in [-0.3, -0.25) is 4.79 Å². The van der Waals surface area contributed by atoms with Crippen molar-refractivity contribution in [2.24, 2.45) is 5.92 Å². The number of ketones is 1. The summed E-state index contributed by atoms with van der Waals surface area (Å²) in [5.41, 5.74) is 1.68. The maximum Gasteiger partial charge on any atom is 0.140 e. The first kappa shape index (κ1) is 13.6. The van der Waals surface area contributed by atoms with E-state index in [2.05, 4.69) is 28.9 Å². The van der Waals surface area contributed by atoms with Crippen molar-refractivity contribution in [2.75, 3.05) is 13.1 Å². The highest BCUT2D eigenvalue weighted by atomic mass is 32.1. The first-order chi connectivity index (χ1) is 8.65. The lowest BCUT2D eigenvalue weighted by Gasteiger charge is -2.35. The standard InChI is InChI=1S/C13H21N3OS/c1-10(2)16-5-3-4-11(8-16)6-12(17)7-13-15-14-9-18-13/h9-11H,3-8H2,1-2H3/t11-/m0/s1. The Hall–Kier alpha value is -0.810. The highest BCUT2D eigenvalue weighted by Crippen LogP contribution is 2.22. The van der Waals surface area contributed by atoms with E-state index in [1.54, 1.807) is 5.51 Å². The number of likely N-dealkylation sites (tertiary alicyclic amines) is 1. The predicted molar refractivity (Wildman–Crippen MR) is 72.7 cm³/mol. The Bertz CT molecular complexity index is 378. The third-order valence-electron chi connectivity index (χ3n) is 3.55. The number of carbonyl (C=O) groups excluding carboxylic acids is 1. The average Bonchev–Trinajstić information content (AvgIpc) is 2.82. The summed E-state index contributed by atoms with van der Waals surface area (Å²) in [6, 6.07) is 0.589. The minimum absolute atomic E-state index is 0.308. The molecule has 0 bridgehead atoms. The highest BCUT2D eigenvalue weighted by Gasteiger charge is 2.23. The van der Waals surface area contributed by atoms with Crippen LogP contribution >= 0.6 is 11.3 Å². The second kappa shape index (κ2) is 6.38. The van der Waals surface area contributed by atoms with Gasteiger partial charge in [0.2, 0.25) is 0 Å². The number of carbonyl (C=O) groups is 1. The molecule has 0 unspecified atom stereocenters. The summed E-state index contributed by atoms with van der Waals surface area (Å²) in [7, 11) is 0. The van der Waals surface area contributed by atoms with E-state index in [0.717, 1.165) is 11.6 Å². The molecule has 0 N–H and O–H groups in total. The summed E-state index contributed by atoms with van der Waals surface area (Å²) in [4.78, 5) is 14.5. The summed E-state index contributed by atoms with van der Waals surface area (Å²) >= 11 is 1.47. The highest BCUT2D eigenvalue weighted by molar-refractivity contribution is 7.09. The van der Waals surface area contributed by atoms with Gasteiger partial charge >= 0.3 is 0 Å². The molecule has 4 nitrogen and oxygen atoms in total. The number of hydrogen-bond acceptors (Lipinski definition) is 5. The summed E-state index contributed by atoms with van der Waals surface area (Å²) in [6.45, 7) is 6.70. The van der Waals surface area contributed by atoms with Gasteiger partial charge in [0.1, 0.15) is 16.3 Å². The lowest BCUT2D eigenvalue weighted by Crippen LogP contribution is -2.40. The van der Waals surface area contributed by atoms with Gasteiger partial charge in [0.05, 0.1) is 6.42 Å². The number of nitrogens with zero attached hydrogens (tertiary/aromatic N) is 3. The van der Waals surface area contributed by atoms with Crippen LogP contribution in [0.5, 0.6) is 0 Å². The Kier molecular flexibility index (Phi) is 4.83. The summed E-state index contributed by atoms with van der Waals surface area (Å²) < 4.78 is 0. The molecule has 2 rings (SSSR count). The topological polar surface area (TPSA) is 46.1 Å². The molecular formula is C13H21N3OS. The van der Waals surface area contributed by atoms with E-state index in [9.17, 15) is 4.79 Å². The lowest BCUT2D eigenvalue weighted by molar-refractivity contribution is -0.119. The Balaban J connectivity index is 1.80. The SMILES string of the molecule is CC(C)N1CCC[C@@H](CC(=O)Cc2nncs2)C1. The van der Waals surface area contributed by atoms with Crippen molar-refractivity contribution >= 4 is 17.1 Å². The van der Waals surface area contributed by atoms with Crippen molar-refractivity contribution in [3.8, 4) is 0 Å². The van der Waals surface area contributed by atoms with Gasteiger partial charge in [0.25, 0.3) is 0 Å². The summed E-state index contributed by atoms with van der Waals surface area (Å²) in [5.74, 6) is 0.837. The predicted octanol–water partition coefficient (Wildman–Crippen LogP) is 2.16. The van der Waals surface area contributed by atoms with Crippen LogP contribution in [0.2, 0.25) is 0 Å². The van der Waals surface area contributed by atoms with Crippen LogP contribution in [0.1, 0.15) is 38.1 Å². The van der Waals surface area contributed by atoms with E-state index < -0.39 is 0 Å². The number of rotatable bonds is 5. The molecule has 0 spiro atoms. The smallest absolute Gasteiger partial charge is 0.140 e. The maximum atomic E-state index is 12.0. The van der Waals surface area contributed by atoms with Crippen molar-refractivity contribution in [1.82, 2.24) is 15.1 Å². The molecule has 1 aromatic rings. The zero-order valence-corrected chi connectivity index (χ0v) is 11.9. The normalized spacial score (nSPS) is 21.4. The van der Waals surface area contributed by atoms with Crippen molar-refractivity contribution in [2.45, 2.75) is 45.6 Å². The Labute approximate surface area is 112 Å². The van der Waals surface area contributed by atoms with Crippen LogP contribution in [0.15, 0.2) is 5.51 Å². The van der Waals surface area contributed by atoms with Gasteiger partial charge in [-0.2, -0.15) is 0 Å². The molecule has 5 heteroatoms. The Morgan fingerprint density at radius 1 is 1.61 bits per heavy atom. The second-order valence-electron chi connectivity index (χ2n) is 5.35. The van der Waals surface area contributed by atoms with Crippen LogP contribution in [-0.4, -0.2) is 40.0 Å². The summed E-state index contributed by atoms with van der Waals surface area (Å²) in [6.07, 6.45) is 3.56. The number of piperidine rings is 1. The van der Waals surface area contributed by atoms with Gasteiger partial charge in [-0.1, -0.05) is 0 Å². The van der Waals surface area contributed by atoms with E-state index in [-0.39, 0.29) is 0 Å². The van der Waals surface area contributed by atoms with Gasteiger partial charge in [-0.25, -0.2) is 0 Å². The monoisotopic (exact) mass is 267 g/mol. The largest absolute Gasteiger partial charge is 0.301 e. The van der Waals surface area contributed by atoms with Crippen molar-refractivity contribution in [3.63, 3.8) is 0 Å². The first-order valence-electron chi connectivity index (χ1n) is 6.66. The molecule has 0 saturated carbocycles. The van der Waals surface area contributed by atoms with Crippen LogP contribution in [0.3, 0.4) is 0 Å². The number of hydrogen-bond donors (Lipinski definition) is 0. The molecule has 1 atom stereocenters. The second-order valence-corrected chi connectivity index (χ2v) is 6.27. The molecule has 18 heavy (non-hydrogen) atoms. The lowest BCUT2D eigenvalue weighted by atomic mass is 9.91. The quantitative estimate of drug-likeness (QED) is 0.820. The van der Waals surface area contributed by atoms with Crippen molar-refractivity contribution < 1.29 is 4.79 Å². The van der Waals surface area contributed by atoms with E-state index in [1.807, 2.05) is 0 Å². The van der Waals surface area contributed by atoms with Crippen LogP contribution in [0, 0.1) is 5.92 Å². The fourth-order valence-electron chi connectivity index (χ4n) is 2.57. The maximum absolute atomic E-state index is 12.0. The third kappa shape index (κ3) is 3.85. The molecule has 0 aromatic carbocycles. The molecule has 0 aliphatic carbocycles. The molecule has 100 valence electrons. The van der Waals surface area contributed by atoms with Crippen LogP contribution < -0.4 is 0 Å². The fraction of sp³-hybridized carbons (Fsp3) is 0.769. The van der Waals surface area contributed by atoms with E-state index in [4.69, 9.17) is 0 Å². The van der Waals surface area contributed by atoms with Crippen LogP contribution in [-0.2, 0) is 11.2 Å². The first-order valence-corrected chi connectivity index (χ1v) is 7.54. The Morgan fingerprint density at radius 2 is 2.44 bits per heavy atom. The molecule has 2 heterocycles. The van der Waals surface area contributed by atoms with E-state index >= 15 is 0 Å².